The Hall–Kier alpha value is -0.890. The first-order valence-corrected chi connectivity index (χ1v) is 8.58. The summed E-state index contributed by atoms with van der Waals surface area (Å²) in [4.78, 5) is 6.67. The number of guanidine groups is 1. The lowest BCUT2D eigenvalue weighted by molar-refractivity contribution is 0.194. The molecule has 1 fully saturated rings. The fraction of sp³-hybridized carbons (Fsp3) is 0.611. The molecule has 0 bridgehead atoms. The molecule has 1 aliphatic rings. The van der Waals surface area contributed by atoms with Crippen LogP contribution in [0.5, 0.6) is 0 Å². The zero-order valence-corrected chi connectivity index (χ0v) is 17.1. The maximum Gasteiger partial charge on any atom is 0.191 e. The molecule has 0 aliphatic heterocycles. The summed E-state index contributed by atoms with van der Waals surface area (Å²) in [5, 5.41) is 6.55. The van der Waals surface area contributed by atoms with E-state index in [-0.39, 0.29) is 29.8 Å². The van der Waals surface area contributed by atoms with Gasteiger partial charge in [0.25, 0.3) is 0 Å². The molecule has 0 saturated heterocycles. The minimum atomic E-state index is -0.207. The average molecular weight is 448 g/mol. The summed E-state index contributed by atoms with van der Waals surface area (Å²) in [5.41, 5.74) is 0.910. The van der Waals surface area contributed by atoms with E-state index in [2.05, 4.69) is 27.6 Å². The minimum absolute atomic E-state index is 0. The Morgan fingerprint density at radius 3 is 2.67 bits per heavy atom. The number of halogens is 2. The van der Waals surface area contributed by atoms with Gasteiger partial charge < -0.3 is 15.5 Å². The molecule has 1 saturated carbocycles. The van der Waals surface area contributed by atoms with Crippen LogP contribution in [0, 0.1) is 5.82 Å². The molecule has 0 heterocycles. The standard InChI is InChI=1S/C18H29FN4.HI/c1-20-18(22-14-15-7-6-8-16(19)13-15)21-11-12-23(2)17-9-4-3-5-10-17;/h6-8,13,17H,3-5,9-12,14H2,1-2H3,(H2,20,21,22);1H. The third kappa shape index (κ3) is 7.34. The van der Waals surface area contributed by atoms with Crippen molar-refractivity contribution in [3.63, 3.8) is 0 Å². The molecule has 24 heavy (non-hydrogen) atoms. The maximum atomic E-state index is 13.2. The lowest BCUT2D eigenvalue weighted by Gasteiger charge is -2.31. The highest BCUT2D eigenvalue weighted by molar-refractivity contribution is 14.0. The van der Waals surface area contributed by atoms with E-state index < -0.39 is 0 Å². The zero-order valence-electron chi connectivity index (χ0n) is 14.7. The van der Waals surface area contributed by atoms with E-state index in [1.807, 2.05) is 6.07 Å². The van der Waals surface area contributed by atoms with Crippen LogP contribution in [0.4, 0.5) is 4.39 Å². The van der Waals surface area contributed by atoms with Gasteiger partial charge in [0.05, 0.1) is 0 Å². The summed E-state index contributed by atoms with van der Waals surface area (Å²) < 4.78 is 13.2. The SMILES string of the molecule is CN=C(NCCN(C)C1CCCCC1)NCc1cccc(F)c1.I. The van der Waals surface area contributed by atoms with E-state index in [4.69, 9.17) is 0 Å². The summed E-state index contributed by atoms with van der Waals surface area (Å²) in [6, 6.07) is 7.35. The smallest absolute Gasteiger partial charge is 0.191 e. The predicted octanol–water partition coefficient (Wildman–Crippen LogP) is 3.37. The maximum absolute atomic E-state index is 13.2. The van der Waals surface area contributed by atoms with E-state index in [0.717, 1.165) is 30.7 Å². The molecule has 136 valence electrons. The van der Waals surface area contributed by atoms with Gasteiger partial charge in [-0.25, -0.2) is 4.39 Å². The van der Waals surface area contributed by atoms with Crippen LogP contribution in [0.15, 0.2) is 29.3 Å². The molecule has 1 aromatic carbocycles. The topological polar surface area (TPSA) is 39.7 Å². The van der Waals surface area contributed by atoms with Gasteiger partial charge in [0.15, 0.2) is 5.96 Å². The fourth-order valence-corrected chi connectivity index (χ4v) is 3.11. The number of hydrogen-bond acceptors (Lipinski definition) is 2. The Balaban J connectivity index is 0.00000288. The largest absolute Gasteiger partial charge is 0.355 e. The molecule has 0 amide bonds. The van der Waals surface area contributed by atoms with Gasteiger partial charge in [-0.3, -0.25) is 4.99 Å². The van der Waals surface area contributed by atoms with Crippen LogP contribution >= 0.6 is 24.0 Å². The van der Waals surface area contributed by atoms with Crippen molar-refractivity contribution in [3.8, 4) is 0 Å². The molecule has 6 heteroatoms. The number of hydrogen-bond donors (Lipinski definition) is 2. The highest BCUT2D eigenvalue weighted by atomic mass is 127. The molecular formula is C18H30FIN4. The Kier molecular flexibility index (Phi) is 10.2. The van der Waals surface area contributed by atoms with Gasteiger partial charge in [0, 0.05) is 32.7 Å². The number of rotatable bonds is 6. The van der Waals surface area contributed by atoms with E-state index in [0.29, 0.717) is 6.54 Å². The van der Waals surface area contributed by atoms with Crippen LogP contribution in [0.2, 0.25) is 0 Å². The molecule has 0 aromatic heterocycles. The van der Waals surface area contributed by atoms with Crippen LogP contribution in [0.25, 0.3) is 0 Å². The Labute approximate surface area is 162 Å². The second-order valence-electron chi connectivity index (χ2n) is 6.25. The van der Waals surface area contributed by atoms with Gasteiger partial charge in [0.2, 0.25) is 0 Å². The van der Waals surface area contributed by atoms with Crippen LogP contribution in [0.3, 0.4) is 0 Å². The first kappa shape index (κ1) is 21.2. The summed E-state index contributed by atoms with van der Waals surface area (Å²) >= 11 is 0. The molecule has 0 unspecified atom stereocenters. The van der Waals surface area contributed by atoms with Gasteiger partial charge in [-0.05, 0) is 37.6 Å². The molecule has 0 atom stereocenters. The quantitative estimate of drug-likeness (QED) is 0.398. The molecule has 1 aromatic rings. The van der Waals surface area contributed by atoms with Crippen molar-refractivity contribution in [3.05, 3.63) is 35.6 Å². The molecule has 0 radical (unpaired) electrons. The molecular weight excluding hydrogens is 418 g/mol. The molecule has 4 nitrogen and oxygen atoms in total. The predicted molar refractivity (Wildman–Crippen MR) is 110 cm³/mol. The molecule has 2 rings (SSSR count). The normalized spacial score (nSPS) is 15.9. The van der Waals surface area contributed by atoms with Gasteiger partial charge in [0.1, 0.15) is 5.82 Å². The van der Waals surface area contributed by atoms with Crippen molar-refractivity contribution in [2.75, 3.05) is 27.2 Å². The van der Waals surface area contributed by atoms with Crippen LogP contribution in [0.1, 0.15) is 37.7 Å². The third-order valence-corrected chi connectivity index (χ3v) is 4.53. The van der Waals surface area contributed by atoms with Gasteiger partial charge in [-0.1, -0.05) is 31.4 Å². The third-order valence-electron chi connectivity index (χ3n) is 4.53. The van der Waals surface area contributed by atoms with E-state index >= 15 is 0 Å². The minimum Gasteiger partial charge on any atom is -0.355 e. The summed E-state index contributed by atoms with van der Waals surface area (Å²) in [6.07, 6.45) is 6.75. The van der Waals surface area contributed by atoms with Gasteiger partial charge >= 0.3 is 0 Å². The number of nitrogens with zero attached hydrogens (tertiary/aromatic N) is 2. The first-order valence-electron chi connectivity index (χ1n) is 8.58. The van der Waals surface area contributed by atoms with Crippen molar-refractivity contribution in [1.82, 2.24) is 15.5 Å². The first-order chi connectivity index (χ1) is 11.2. The summed E-state index contributed by atoms with van der Waals surface area (Å²) in [6.45, 7) is 2.43. The average Bonchev–Trinajstić information content (AvgIpc) is 2.58. The Bertz CT molecular complexity index is 504. The van der Waals surface area contributed by atoms with Crippen molar-refractivity contribution in [2.24, 2.45) is 4.99 Å². The Morgan fingerprint density at radius 1 is 1.25 bits per heavy atom. The second-order valence-corrected chi connectivity index (χ2v) is 6.25. The Morgan fingerprint density at radius 2 is 2.00 bits per heavy atom. The summed E-state index contributed by atoms with van der Waals surface area (Å²) in [7, 11) is 3.96. The van der Waals surface area contributed by atoms with Crippen molar-refractivity contribution >= 4 is 29.9 Å². The second kappa shape index (κ2) is 11.6. The lowest BCUT2D eigenvalue weighted by Crippen LogP contribution is -2.43. The number of nitrogens with one attached hydrogen (secondary N) is 2. The zero-order chi connectivity index (χ0) is 16.5. The lowest BCUT2D eigenvalue weighted by atomic mass is 9.94. The fourth-order valence-electron chi connectivity index (χ4n) is 3.11. The molecule has 2 N–H and O–H groups in total. The summed E-state index contributed by atoms with van der Waals surface area (Å²) in [5.74, 6) is 0.549. The number of likely N-dealkylation sites (N-methyl/N-ethyl adjacent to an activating group) is 1. The van der Waals surface area contributed by atoms with Crippen molar-refractivity contribution < 1.29 is 4.39 Å². The van der Waals surface area contributed by atoms with Crippen molar-refractivity contribution in [1.29, 1.82) is 0 Å². The number of benzene rings is 1. The monoisotopic (exact) mass is 448 g/mol. The van der Waals surface area contributed by atoms with E-state index in [1.54, 1.807) is 13.1 Å². The van der Waals surface area contributed by atoms with Gasteiger partial charge in [-0.2, -0.15) is 0 Å². The van der Waals surface area contributed by atoms with E-state index in [1.165, 1.54) is 44.2 Å². The highest BCUT2D eigenvalue weighted by Crippen LogP contribution is 2.21. The van der Waals surface area contributed by atoms with E-state index in [9.17, 15) is 4.39 Å². The molecule has 1 aliphatic carbocycles. The van der Waals surface area contributed by atoms with Crippen LogP contribution < -0.4 is 10.6 Å². The number of aliphatic imine (C=N–C) groups is 1. The van der Waals surface area contributed by atoms with Crippen LogP contribution in [-0.2, 0) is 6.54 Å². The molecule has 0 spiro atoms. The van der Waals surface area contributed by atoms with Crippen molar-refractivity contribution in [2.45, 2.75) is 44.7 Å². The van der Waals surface area contributed by atoms with Crippen LogP contribution in [-0.4, -0.2) is 44.1 Å². The van der Waals surface area contributed by atoms with Gasteiger partial charge in [-0.15, -0.1) is 24.0 Å². The highest BCUT2D eigenvalue weighted by Gasteiger charge is 2.17.